The molecule has 0 radical (unpaired) electrons. The Morgan fingerprint density at radius 2 is 1.76 bits per heavy atom. The Morgan fingerprint density at radius 1 is 1.05 bits per heavy atom. The molecule has 112 valence electrons. The molecule has 0 saturated heterocycles. The summed E-state index contributed by atoms with van der Waals surface area (Å²) in [5, 5.41) is 3.38. The molecular formula is C18H22FNO. The Bertz CT molecular complexity index is 553. The van der Waals surface area contributed by atoms with Gasteiger partial charge in [0.15, 0.2) is 11.6 Å². The van der Waals surface area contributed by atoms with Crippen LogP contribution in [0.4, 0.5) is 4.39 Å². The third kappa shape index (κ3) is 4.30. The SMILES string of the molecule is CCNC(COc1ccccc1F)c1ccc(CC)cc1. The Kier molecular flexibility index (Phi) is 5.76. The maximum absolute atomic E-state index is 13.6. The first-order valence-electron chi connectivity index (χ1n) is 7.44. The van der Waals surface area contributed by atoms with Gasteiger partial charge in [0.1, 0.15) is 6.61 Å². The summed E-state index contributed by atoms with van der Waals surface area (Å²) in [6, 6.07) is 15.0. The van der Waals surface area contributed by atoms with Gasteiger partial charge in [-0.1, -0.05) is 50.2 Å². The van der Waals surface area contributed by atoms with Crippen molar-refractivity contribution in [2.45, 2.75) is 26.3 Å². The minimum Gasteiger partial charge on any atom is -0.489 e. The first-order chi connectivity index (χ1) is 10.2. The number of ether oxygens (including phenoxy) is 1. The minimum atomic E-state index is -0.325. The molecule has 2 rings (SSSR count). The molecule has 1 N–H and O–H groups in total. The van der Waals surface area contributed by atoms with Crippen LogP contribution in [0.3, 0.4) is 0 Å². The molecule has 2 nitrogen and oxygen atoms in total. The highest BCUT2D eigenvalue weighted by Crippen LogP contribution is 2.19. The molecule has 0 heterocycles. The van der Waals surface area contributed by atoms with E-state index < -0.39 is 0 Å². The fraction of sp³-hybridized carbons (Fsp3) is 0.333. The molecule has 21 heavy (non-hydrogen) atoms. The first kappa shape index (κ1) is 15.5. The van der Waals surface area contributed by atoms with Gasteiger partial charge >= 0.3 is 0 Å². The van der Waals surface area contributed by atoms with E-state index in [1.165, 1.54) is 11.6 Å². The number of halogens is 1. The van der Waals surface area contributed by atoms with E-state index in [0.29, 0.717) is 12.4 Å². The Labute approximate surface area is 126 Å². The first-order valence-corrected chi connectivity index (χ1v) is 7.44. The lowest BCUT2D eigenvalue weighted by Crippen LogP contribution is -2.26. The molecule has 0 aliphatic heterocycles. The molecule has 1 atom stereocenters. The zero-order chi connectivity index (χ0) is 15.1. The zero-order valence-electron chi connectivity index (χ0n) is 12.6. The van der Waals surface area contributed by atoms with Crippen molar-refractivity contribution in [1.82, 2.24) is 5.32 Å². The number of para-hydroxylation sites is 1. The summed E-state index contributed by atoms with van der Waals surface area (Å²) in [5.41, 5.74) is 2.47. The van der Waals surface area contributed by atoms with Crippen LogP contribution in [0.25, 0.3) is 0 Å². The third-order valence-corrected chi connectivity index (χ3v) is 3.48. The number of aryl methyl sites for hydroxylation is 1. The highest BCUT2D eigenvalue weighted by molar-refractivity contribution is 5.26. The van der Waals surface area contributed by atoms with Crippen LogP contribution in [0, 0.1) is 5.82 Å². The van der Waals surface area contributed by atoms with E-state index in [0.717, 1.165) is 18.5 Å². The fourth-order valence-electron chi connectivity index (χ4n) is 2.24. The molecule has 0 saturated carbocycles. The van der Waals surface area contributed by atoms with Crippen LogP contribution in [-0.2, 0) is 6.42 Å². The van der Waals surface area contributed by atoms with E-state index in [1.54, 1.807) is 18.2 Å². The van der Waals surface area contributed by atoms with Crippen LogP contribution in [-0.4, -0.2) is 13.2 Å². The van der Waals surface area contributed by atoms with Crippen molar-refractivity contribution >= 4 is 0 Å². The molecule has 2 aromatic rings. The van der Waals surface area contributed by atoms with Crippen LogP contribution in [0.15, 0.2) is 48.5 Å². The second-order valence-corrected chi connectivity index (χ2v) is 4.95. The normalized spacial score (nSPS) is 12.1. The van der Waals surface area contributed by atoms with Crippen molar-refractivity contribution in [2.75, 3.05) is 13.2 Å². The third-order valence-electron chi connectivity index (χ3n) is 3.48. The van der Waals surface area contributed by atoms with Crippen molar-refractivity contribution in [1.29, 1.82) is 0 Å². The lowest BCUT2D eigenvalue weighted by molar-refractivity contribution is 0.257. The molecule has 0 aliphatic rings. The van der Waals surface area contributed by atoms with E-state index in [2.05, 4.69) is 43.4 Å². The van der Waals surface area contributed by atoms with Crippen molar-refractivity contribution in [3.63, 3.8) is 0 Å². The van der Waals surface area contributed by atoms with Crippen LogP contribution in [0.2, 0.25) is 0 Å². The van der Waals surface area contributed by atoms with Gasteiger partial charge in [0, 0.05) is 0 Å². The number of hydrogen-bond acceptors (Lipinski definition) is 2. The predicted octanol–water partition coefficient (Wildman–Crippen LogP) is 4.12. The zero-order valence-corrected chi connectivity index (χ0v) is 12.6. The lowest BCUT2D eigenvalue weighted by atomic mass is 10.0. The standard InChI is InChI=1S/C18H22FNO/c1-3-14-9-11-15(12-10-14)17(20-4-2)13-21-18-8-6-5-7-16(18)19/h5-12,17,20H,3-4,13H2,1-2H3. The number of rotatable bonds is 7. The van der Waals surface area contributed by atoms with Gasteiger partial charge in [0.2, 0.25) is 0 Å². The summed E-state index contributed by atoms with van der Waals surface area (Å²) >= 11 is 0. The van der Waals surface area contributed by atoms with Gasteiger partial charge in [-0.2, -0.15) is 0 Å². The van der Waals surface area contributed by atoms with Crippen LogP contribution in [0.1, 0.15) is 31.0 Å². The summed E-state index contributed by atoms with van der Waals surface area (Å²) in [7, 11) is 0. The van der Waals surface area contributed by atoms with Gasteiger partial charge in [0.25, 0.3) is 0 Å². The second-order valence-electron chi connectivity index (χ2n) is 4.95. The van der Waals surface area contributed by atoms with Gasteiger partial charge in [-0.25, -0.2) is 4.39 Å². The number of benzene rings is 2. The predicted molar refractivity (Wildman–Crippen MR) is 84.1 cm³/mol. The lowest BCUT2D eigenvalue weighted by Gasteiger charge is -2.19. The van der Waals surface area contributed by atoms with Gasteiger partial charge in [-0.05, 0) is 36.2 Å². The molecule has 0 spiro atoms. The highest BCUT2D eigenvalue weighted by atomic mass is 19.1. The van der Waals surface area contributed by atoms with E-state index >= 15 is 0 Å². The summed E-state index contributed by atoms with van der Waals surface area (Å²) in [4.78, 5) is 0. The average molecular weight is 287 g/mol. The van der Waals surface area contributed by atoms with Crippen molar-refractivity contribution in [2.24, 2.45) is 0 Å². The topological polar surface area (TPSA) is 21.3 Å². The maximum Gasteiger partial charge on any atom is 0.165 e. The number of nitrogens with one attached hydrogen (secondary N) is 1. The van der Waals surface area contributed by atoms with Gasteiger partial charge < -0.3 is 10.1 Å². The molecule has 3 heteroatoms. The number of likely N-dealkylation sites (N-methyl/N-ethyl adjacent to an activating group) is 1. The summed E-state index contributed by atoms with van der Waals surface area (Å²) in [5.74, 6) is -0.0281. The van der Waals surface area contributed by atoms with Crippen molar-refractivity contribution in [3.8, 4) is 5.75 Å². The van der Waals surface area contributed by atoms with E-state index in [4.69, 9.17) is 4.74 Å². The molecule has 0 fully saturated rings. The van der Waals surface area contributed by atoms with Crippen LogP contribution < -0.4 is 10.1 Å². The van der Waals surface area contributed by atoms with Gasteiger partial charge in [0.05, 0.1) is 6.04 Å². The van der Waals surface area contributed by atoms with Crippen LogP contribution >= 0.6 is 0 Å². The quantitative estimate of drug-likeness (QED) is 0.827. The molecule has 1 unspecified atom stereocenters. The molecule has 0 aromatic heterocycles. The smallest absolute Gasteiger partial charge is 0.165 e. The van der Waals surface area contributed by atoms with E-state index in [9.17, 15) is 4.39 Å². The highest BCUT2D eigenvalue weighted by Gasteiger charge is 2.12. The summed E-state index contributed by atoms with van der Waals surface area (Å²) < 4.78 is 19.2. The molecule has 0 aliphatic carbocycles. The fourth-order valence-corrected chi connectivity index (χ4v) is 2.24. The number of hydrogen-bond donors (Lipinski definition) is 1. The van der Waals surface area contributed by atoms with Crippen LogP contribution in [0.5, 0.6) is 5.75 Å². The Morgan fingerprint density at radius 3 is 2.38 bits per heavy atom. The van der Waals surface area contributed by atoms with Crippen molar-refractivity contribution < 1.29 is 9.13 Å². The maximum atomic E-state index is 13.6. The summed E-state index contributed by atoms with van der Waals surface area (Å²) in [6.45, 7) is 5.43. The van der Waals surface area contributed by atoms with Crippen molar-refractivity contribution in [3.05, 3.63) is 65.5 Å². The Hall–Kier alpha value is -1.87. The van der Waals surface area contributed by atoms with Gasteiger partial charge in [-0.15, -0.1) is 0 Å². The minimum absolute atomic E-state index is 0.0560. The summed E-state index contributed by atoms with van der Waals surface area (Å²) in [6.07, 6.45) is 1.03. The molecule has 0 bridgehead atoms. The van der Waals surface area contributed by atoms with E-state index in [-0.39, 0.29) is 11.9 Å². The molecular weight excluding hydrogens is 265 g/mol. The largest absolute Gasteiger partial charge is 0.489 e. The van der Waals surface area contributed by atoms with Gasteiger partial charge in [-0.3, -0.25) is 0 Å². The van der Waals surface area contributed by atoms with E-state index in [1.807, 2.05) is 0 Å². The Balaban J connectivity index is 2.06. The monoisotopic (exact) mass is 287 g/mol. The average Bonchev–Trinajstić information content (AvgIpc) is 2.53. The molecule has 2 aromatic carbocycles. The molecule has 0 amide bonds. The second kappa shape index (κ2) is 7.79.